The van der Waals surface area contributed by atoms with Crippen LogP contribution < -0.4 is 5.19 Å². The van der Waals surface area contributed by atoms with Gasteiger partial charge in [0.25, 0.3) is 0 Å². The van der Waals surface area contributed by atoms with Crippen LogP contribution in [0.2, 0.25) is 18.6 Å². The lowest BCUT2D eigenvalue weighted by Gasteiger charge is -2.28. The molecule has 68 valence electrons. The second-order valence-corrected chi connectivity index (χ2v) is 8.75. The zero-order valence-corrected chi connectivity index (χ0v) is 9.16. The molecular weight excluding hydrogens is 172 g/mol. The Hall–Kier alpha value is -0.823. The van der Waals surface area contributed by atoms with Crippen molar-refractivity contribution in [2.45, 2.75) is 25.1 Å². The van der Waals surface area contributed by atoms with Gasteiger partial charge in [0, 0.05) is 0 Å². The molecule has 0 nitrogen and oxygen atoms in total. The van der Waals surface area contributed by atoms with Crippen LogP contribution in [0, 0.1) is 0 Å². The second kappa shape index (κ2) is 3.50. The molecule has 1 heterocycles. The van der Waals surface area contributed by atoms with E-state index in [1.54, 1.807) is 5.19 Å². The van der Waals surface area contributed by atoms with Gasteiger partial charge in [0.05, 0.1) is 8.07 Å². The normalized spacial score (nSPS) is 27.5. The molecule has 1 aliphatic rings. The smallest absolute Gasteiger partial charge is 0.0876 e. The first-order chi connectivity index (χ1) is 6.31. The van der Waals surface area contributed by atoms with Gasteiger partial charge in [-0.25, -0.2) is 0 Å². The summed E-state index contributed by atoms with van der Waals surface area (Å²) in [6.07, 6.45) is 6.00. The zero-order valence-electron chi connectivity index (χ0n) is 8.16. The molecular formula is C12H16Si. The number of allylic oxidation sites excluding steroid dienone is 2. The minimum atomic E-state index is -1.10. The fraction of sp³-hybridized carbons (Fsp3) is 0.333. The molecule has 1 aromatic carbocycles. The summed E-state index contributed by atoms with van der Waals surface area (Å²) in [5, 5.41) is 1.62. The van der Waals surface area contributed by atoms with Gasteiger partial charge in [-0.3, -0.25) is 0 Å². The van der Waals surface area contributed by atoms with Crippen LogP contribution in [-0.4, -0.2) is 8.07 Å². The highest BCUT2D eigenvalue weighted by atomic mass is 28.3. The van der Waals surface area contributed by atoms with Crippen LogP contribution in [0.3, 0.4) is 0 Å². The molecule has 2 rings (SSSR count). The molecule has 0 amide bonds. The third kappa shape index (κ3) is 1.75. The van der Waals surface area contributed by atoms with Gasteiger partial charge < -0.3 is 0 Å². The molecule has 0 radical (unpaired) electrons. The number of hydrogen-bond acceptors (Lipinski definition) is 0. The Kier molecular flexibility index (Phi) is 2.36. The third-order valence-corrected chi connectivity index (χ3v) is 7.32. The van der Waals surface area contributed by atoms with Crippen LogP contribution in [0.4, 0.5) is 0 Å². The van der Waals surface area contributed by atoms with Crippen LogP contribution in [0.25, 0.3) is 0 Å². The second-order valence-electron chi connectivity index (χ2n) is 4.14. The maximum absolute atomic E-state index is 2.51. The van der Waals surface area contributed by atoms with Gasteiger partial charge in [0.1, 0.15) is 0 Å². The molecule has 0 fully saturated rings. The highest BCUT2D eigenvalue weighted by Crippen LogP contribution is 2.23. The summed E-state index contributed by atoms with van der Waals surface area (Å²) in [4.78, 5) is 0. The topological polar surface area (TPSA) is 0 Å². The zero-order chi connectivity index (χ0) is 9.15. The minimum absolute atomic E-state index is 1.10. The minimum Gasteiger partial charge on any atom is -0.0909 e. The molecule has 0 aromatic heterocycles. The van der Waals surface area contributed by atoms with Gasteiger partial charge >= 0.3 is 0 Å². The van der Waals surface area contributed by atoms with Crippen molar-refractivity contribution >= 4 is 13.3 Å². The van der Waals surface area contributed by atoms with Gasteiger partial charge in [0.15, 0.2) is 0 Å². The number of benzene rings is 1. The highest BCUT2D eigenvalue weighted by molar-refractivity contribution is 6.91. The first kappa shape index (κ1) is 8.76. The van der Waals surface area contributed by atoms with Crippen molar-refractivity contribution in [2.24, 2.45) is 0 Å². The predicted octanol–water partition coefficient (Wildman–Crippen LogP) is 2.93. The first-order valence-corrected chi connectivity index (χ1v) is 7.93. The summed E-state index contributed by atoms with van der Waals surface area (Å²) < 4.78 is 0. The van der Waals surface area contributed by atoms with Crippen LogP contribution in [0.1, 0.15) is 6.42 Å². The lowest BCUT2D eigenvalue weighted by molar-refractivity contribution is 1.12. The van der Waals surface area contributed by atoms with E-state index in [1.807, 2.05) is 0 Å². The van der Waals surface area contributed by atoms with Crippen molar-refractivity contribution in [3.63, 3.8) is 0 Å². The van der Waals surface area contributed by atoms with Gasteiger partial charge in [-0.1, -0.05) is 54.2 Å². The maximum atomic E-state index is 2.51. The summed E-state index contributed by atoms with van der Waals surface area (Å²) in [5.41, 5.74) is 0. The average molecular weight is 188 g/mol. The lowest BCUT2D eigenvalue weighted by Crippen LogP contribution is -2.44. The average Bonchev–Trinajstić information content (AvgIpc) is 2.20. The Morgan fingerprint density at radius 3 is 2.46 bits per heavy atom. The fourth-order valence-electron chi connectivity index (χ4n) is 2.07. The van der Waals surface area contributed by atoms with E-state index in [2.05, 4.69) is 49.0 Å². The van der Waals surface area contributed by atoms with Gasteiger partial charge in [-0.2, -0.15) is 0 Å². The van der Waals surface area contributed by atoms with E-state index in [4.69, 9.17) is 0 Å². The maximum Gasteiger partial charge on any atom is 0.0876 e. The van der Waals surface area contributed by atoms with Crippen molar-refractivity contribution in [2.75, 3.05) is 0 Å². The molecule has 0 saturated carbocycles. The van der Waals surface area contributed by atoms with Crippen molar-refractivity contribution in [1.82, 2.24) is 0 Å². The molecule has 1 aliphatic heterocycles. The van der Waals surface area contributed by atoms with E-state index >= 15 is 0 Å². The molecule has 13 heavy (non-hydrogen) atoms. The Morgan fingerprint density at radius 1 is 1.08 bits per heavy atom. The third-order valence-electron chi connectivity index (χ3n) is 3.07. The van der Waals surface area contributed by atoms with Crippen molar-refractivity contribution in [1.29, 1.82) is 0 Å². The van der Waals surface area contributed by atoms with Gasteiger partial charge in [-0.05, 0) is 18.5 Å². The van der Waals surface area contributed by atoms with Crippen molar-refractivity contribution < 1.29 is 0 Å². The standard InChI is InChI=1S/C12H16Si/c1-13(10-6-3-7-11-13)12-8-4-2-5-9-12/h2-6,8-9H,7,10-11H2,1H3. The molecule has 1 aromatic rings. The number of hydrogen-bond donors (Lipinski definition) is 0. The van der Waals surface area contributed by atoms with E-state index < -0.39 is 8.07 Å². The molecule has 0 bridgehead atoms. The lowest BCUT2D eigenvalue weighted by atomic mass is 10.4. The molecule has 0 spiro atoms. The van der Waals surface area contributed by atoms with Crippen molar-refractivity contribution in [3.05, 3.63) is 42.5 Å². The van der Waals surface area contributed by atoms with E-state index in [0.717, 1.165) is 0 Å². The van der Waals surface area contributed by atoms with E-state index in [0.29, 0.717) is 0 Å². The van der Waals surface area contributed by atoms with Gasteiger partial charge in [0.2, 0.25) is 0 Å². The van der Waals surface area contributed by atoms with E-state index in [-0.39, 0.29) is 0 Å². The fourth-order valence-corrected chi connectivity index (χ4v) is 5.28. The Bertz CT molecular complexity index is 302. The molecule has 1 heteroatoms. The highest BCUT2D eigenvalue weighted by Gasteiger charge is 2.28. The summed E-state index contributed by atoms with van der Waals surface area (Å²) in [6, 6.07) is 13.8. The molecule has 1 unspecified atom stereocenters. The van der Waals surface area contributed by atoms with E-state index in [1.165, 1.54) is 18.5 Å². The molecule has 1 atom stereocenters. The Morgan fingerprint density at radius 2 is 1.85 bits per heavy atom. The molecule has 0 N–H and O–H groups in total. The Labute approximate surface area is 81.3 Å². The quantitative estimate of drug-likeness (QED) is 0.469. The monoisotopic (exact) mass is 188 g/mol. The largest absolute Gasteiger partial charge is 0.0909 e. The summed E-state index contributed by atoms with van der Waals surface area (Å²) in [7, 11) is -1.10. The first-order valence-electron chi connectivity index (χ1n) is 5.02. The number of rotatable bonds is 1. The Balaban J connectivity index is 2.29. The summed E-state index contributed by atoms with van der Waals surface area (Å²) in [5.74, 6) is 0. The molecule has 0 aliphatic carbocycles. The van der Waals surface area contributed by atoms with Gasteiger partial charge in [-0.15, -0.1) is 0 Å². The van der Waals surface area contributed by atoms with Crippen LogP contribution in [0.5, 0.6) is 0 Å². The van der Waals surface area contributed by atoms with Crippen LogP contribution in [-0.2, 0) is 0 Å². The van der Waals surface area contributed by atoms with E-state index in [9.17, 15) is 0 Å². The molecule has 0 saturated heterocycles. The predicted molar refractivity (Wildman–Crippen MR) is 61.1 cm³/mol. The van der Waals surface area contributed by atoms with Crippen LogP contribution >= 0.6 is 0 Å². The summed E-state index contributed by atoms with van der Waals surface area (Å²) >= 11 is 0. The SMILES string of the molecule is C[Si]1(c2ccccc2)CC=CCC1. The summed E-state index contributed by atoms with van der Waals surface area (Å²) in [6.45, 7) is 2.51. The van der Waals surface area contributed by atoms with Crippen molar-refractivity contribution in [3.8, 4) is 0 Å². The van der Waals surface area contributed by atoms with Crippen LogP contribution in [0.15, 0.2) is 42.5 Å².